The molecule has 2 rings (SSSR count). The molecular weight excluding hydrogens is 273 g/mol. The molecule has 0 aliphatic rings. The van der Waals surface area contributed by atoms with Crippen LogP contribution in [0.25, 0.3) is 10.9 Å². The minimum atomic E-state index is -0.369. The Kier molecular flexibility index (Phi) is 2.84. The Morgan fingerprint density at radius 1 is 1.44 bits per heavy atom. The van der Waals surface area contributed by atoms with Crippen LogP contribution in [0.15, 0.2) is 21.4 Å². The Labute approximate surface area is 101 Å². The lowest BCUT2D eigenvalue weighted by atomic mass is 10.1. The third-order valence-electron chi connectivity index (χ3n) is 2.71. The van der Waals surface area contributed by atoms with Crippen LogP contribution in [0.2, 0.25) is 0 Å². The van der Waals surface area contributed by atoms with Gasteiger partial charge in [0, 0.05) is 16.6 Å². The van der Waals surface area contributed by atoms with Gasteiger partial charge in [0.2, 0.25) is 0 Å². The molecule has 2 nitrogen and oxygen atoms in total. The number of hydrogen-bond acceptors (Lipinski definition) is 1. The van der Waals surface area contributed by atoms with E-state index in [4.69, 9.17) is 0 Å². The third-order valence-corrected chi connectivity index (χ3v) is 3.32. The van der Waals surface area contributed by atoms with E-state index in [2.05, 4.69) is 20.9 Å². The number of aromatic amines is 1. The van der Waals surface area contributed by atoms with Crippen LogP contribution in [-0.4, -0.2) is 4.98 Å². The minimum absolute atomic E-state index is 0.0190. The van der Waals surface area contributed by atoms with Gasteiger partial charge in [-0.25, -0.2) is 4.39 Å². The average molecular weight is 284 g/mol. The van der Waals surface area contributed by atoms with Gasteiger partial charge >= 0.3 is 0 Å². The standard InChI is InChI=1S/C12H11BrFNO/c1-3-7-6(2)15-11-5-10(14)9(13)4-8(11)12(7)16/h4-5H,3H2,1-2H3,(H,15,16). The number of benzene rings is 1. The summed E-state index contributed by atoms with van der Waals surface area (Å²) < 4.78 is 13.6. The lowest BCUT2D eigenvalue weighted by Crippen LogP contribution is -2.12. The molecule has 0 radical (unpaired) electrons. The summed E-state index contributed by atoms with van der Waals surface area (Å²) in [6.07, 6.45) is 0.673. The molecule has 0 bridgehead atoms. The molecule has 0 aliphatic carbocycles. The molecule has 84 valence electrons. The molecule has 0 amide bonds. The molecule has 0 saturated heterocycles. The Bertz CT molecular complexity index is 618. The molecule has 16 heavy (non-hydrogen) atoms. The van der Waals surface area contributed by atoms with Crippen LogP contribution in [0, 0.1) is 12.7 Å². The number of aromatic nitrogens is 1. The Morgan fingerprint density at radius 3 is 2.75 bits per heavy atom. The smallest absolute Gasteiger partial charge is 0.192 e. The number of hydrogen-bond donors (Lipinski definition) is 1. The fourth-order valence-corrected chi connectivity index (χ4v) is 2.22. The van der Waals surface area contributed by atoms with Crippen LogP contribution in [0.1, 0.15) is 18.2 Å². The summed E-state index contributed by atoms with van der Waals surface area (Å²) in [5.41, 5.74) is 2.09. The van der Waals surface area contributed by atoms with Gasteiger partial charge in [0.1, 0.15) is 5.82 Å². The highest BCUT2D eigenvalue weighted by atomic mass is 79.9. The van der Waals surface area contributed by atoms with Gasteiger partial charge in [0.05, 0.1) is 9.99 Å². The van der Waals surface area contributed by atoms with Crippen LogP contribution in [0.4, 0.5) is 4.39 Å². The summed E-state index contributed by atoms with van der Waals surface area (Å²) in [7, 11) is 0. The molecule has 2 aromatic rings. The molecule has 1 heterocycles. The highest BCUT2D eigenvalue weighted by Gasteiger charge is 2.10. The van der Waals surface area contributed by atoms with Gasteiger partial charge in [-0.1, -0.05) is 6.92 Å². The van der Waals surface area contributed by atoms with Crippen molar-refractivity contribution < 1.29 is 4.39 Å². The maximum Gasteiger partial charge on any atom is 0.192 e. The normalized spacial score (nSPS) is 11.0. The molecule has 1 aromatic carbocycles. The minimum Gasteiger partial charge on any atom is -0.358 e. The number of H-pyrrole nitrogens is 1. The highest BCUT2D eigenvalue weighted by Crippen LogP contribution is 2.21. The van der Waals surface area contributed by atoms with Crippen molar-refractivity contribution in [3.63, 3.8) is 0 Å². The van der Waals surface area contributed by atoms with Gasteiger partial charge < -0.3 is 4.98 Å². The Morgan fingerprint density at radius 2 is 2.12 bits per heavy atom. The van der Waals surface area contributed by atoms with Gasteiger partial charge in [-0.2, -0.15) is 0 Å². The fourth-order valence-electron chi connectivity index (χ4n) is 1.87. The van der Waals surface area contributed by atoms with Crippen molar-refractivity contribution in [2.24, 2.45) is 0 Å². The quantitative estimate of drug-likeness (QED) is 0.856. The molecule has 0 aliphatic heterocycles. The van der Waals surface area contributed by atoms with E-state index < -0.39 is 0 Å². The largest absolute Gasteiger partial charge is 0.358 e. The van der Waals surface area contributed by atoms with Gasteiger partial charge in [0.15, 0.2) is 5.43 Å². The number of aryl methyl sites for hydroxylation is 1. The van der Waals surface area contributed by atoms with E-state index in [0.717, 1.165) is 11.3 Å². The molecule has 0 saturated carbocycles. The maximum absolute atomic E-state index is 13.3. The van der Waals surface area contributed by atoms with Crippen molar-refractivity contribution >= 4 is 26.8 Å². The van der Waals surface area contributed by atoms with E-state index in [1.165, 1.54) is 12.1 Å². The predicted octanol–water partition coefficient (Wildman–Crippen LogP) is 3.30. The number of rotatable bonds is 1. The zero-order valence-corrected chi connectivity index (χ0v) is 10.6. The van der Waals surface area contributed by atoms with Crippen molar-refractivity contribution in [2.75, 3.05) is 0 Å². The highest BCUT2D eigenvalue weighted by molar-refractivity contribution is 9.10. The summed E-state index contributed by atoms with van der Waals surface area (Å²) in [6, 6.07) is 2.87. The zero-order valence-electron chi connectivity index (χ0n) is 9.03. The molecule has 0 fully saturated rings. The van der Waals surface area contributed by atoms with Gasteiger partial charge in [-0.3, -0.25) is 4.79 Å². The monoisotopic (exact) mass is 283 g/mol. The topological polar surface area (TPSA) is 32.9 Å². The van der Waals surface area contributed by atoms with Gasteiger partial charge in [-0.15, -0.1) is 0 Å². The van der Waals surface area contributed by atoms with E-state index in [1.807, 2.05) is 13.8 Å². The van der Waals surface area contributed by atoms with E-state index in [1.54, 1.807) is 0 Å². The van der Waals surface area contributed by atoms with Crippen molar-refractivity contribution in [2.45, 2.75) is 20.3 Å². The third kappa shape index (κ3) is 1.67. The predicted molar refractivity (Wildman–Crippen MR) is 66.3 cm³/mol. The van der Waals surface area contributed by atoms with E-state index >= 15 is 0 Å². The summed E-state index contributed by atoms with van der Waals surface area (Å²) >= 11 is 3.09. The second-order valence-corrected chi connectivity index (χ2v) is 4.58. The second-order valence-electron chi connectivity index (χ2n) is 3.72. The molecule has 0 spiro atoms. The molecular formula is C12H11BrFNO. The molecule has 4 heteroatoms. The first-order chi connectivity index (χ1) is 7.54. The van der Waals surface area contributed by atoms with Crippen LogP contribution in [-0.2, 0) is 6.42 Å². The lowest BCUT2D eigenvalue weighted by molar-refractivity contribution is 0.622. The maximum atomic E-state index is 13.3. The van der Waals surface area contributed by atoms with Crippen molar-refractivity contribution in [1.29, 1.82) is 0 Å². The van der Waals surface area contributed by atoms with Crippen molar-refractivity contribution in [1.82, 2.24) is 4.98 Å². The SMILES string of the molecule is CCc1c(C)[nH]c2cc(F)c(Br)cc2c1=O. The van der Waals surface area contributed by atoms with Crippen LogP contribution in [0.3, 0.4) is 0 Å². The van der Waals surface area contributed by atoms with Crippen LogP contribution >= 0.6 is 15.9 Å². The fraction of sp³-hybridized carbons (Fsp3) is 0.250. The summed E-state index contributed by atoms with van der Waals surface area (Å²) in [5, 5.41) is 0.524. The van der Waals surface area contributed by atoms with Gasteiger partial charge in [0.25, 0.3) is 0 Å². The summed E-state index contributed by atoms with van der Waals surface area (Å²) in [6.45, 7) is 3.77. The second kappa shape index (κ2) is 4.01. The zero-order chi connectivity index (χ0) is 11.9. The van der Waals surface area contributed by atoms with Crippen LogP contribution < -0.4 is 5.43 Å². The van der Waals surface area contributed by atoms with E-state index in [9.17, 15) is 9.18 Å². The lowest BCUT2D eigenvalue weighted by Gasteiger charge is -2.06. The molecule has 1 aromatic heterocycles. The first-order valence-electron chi connectivity index (χ1n) is 5.05. The molecule has 0 atom stereocenters. The van der Waals surface area contributed by atoms with E-state index in [0.29, 0.717) is 21.8 Å². The number of halogens is 2. The van der Waals surface area contributed by atoms with Gasteiger partial charge in [-0.05, 0) is 41.4 Å². The Hall–Kier alpha value is -1.16. The number of pyridine rings is 1. The summed E-state index contributed by atoms with van der Waals surface area (Å²) in [4.78, 5) is 15.1. The average Bonchev–Trinajstić information content (AvgIpc) is 2.22. The van der Waals surface area contributed by atoms with Crippen LogP contribution in [0.5, 0.6) is 0 Å². The Balaban J connectivity index is 2.94. The van der Waals surface area contributed by atoms with Crippen molar-refractivity contribution in [3.05, 3.63) is 43.9 Å². The number of nitrogens with one attached hydrogen (secondary N) is 1. The van der Waals surface area contributed by atoms with Crippen molar-refractivity contribution in [3.8, 4) is 0 Å². The molecule has 1 N–H and O–H groups in total. The molecule has 0 unspecified atom stereocenters. The first kappa shape index (κ1) is 11.3. The number of fused-ring (bicyclic) bond motifs is 1. The van der Waals surface area contributed by atoms with E-state index in [-0.39, 0.29) is 11.2 Å². The summed E-state index contributed by atoms with van der Waals surface area (Å²) in [5.74, 6) is -0.369. The first-order valence-corrected chi connectivity index (χ1v) is 5.84.